The minimum atomic E-state index is -0.411. The Hall–Kier alpha value is -1.39. The first-order valence-electron chi connectivity index (χ1n) is 6.30. The number of ether oxygens (including phenoxy) is 3. The maximum absolute atomic E-state index is 11.2. The van der Waals surface area contributed by atoms with Gasteiger partial charge in [-0.3, -0.25) is 4.79 Å². The predicted molar refractivity (Wildman–Crippen MR) is 63.6 cm³/mol. The molecule has 0 spiro atoms. The molecule has 0 radical (unpaired) electrons. The summed E-state index contributed by atoms with van der Waals surface area (Å²) in [5.74, 6) is -0.155. The lowest BCUT2D eigenvalue weighted by Crippen LogP contribution is -2.44. The summed E-state index contributed by atoms with van der Waals surface area (Å²) in [4.78, 5) is 11.2. The summed E-state index contributed by atoms with van der Waals surface area (Å²) in [7, 11) is 0. The smallest absolute Gasteiger partial charge is 0.310 e. The van der Waals surface area contributed by atoms with Gasteiger partial charge in [0.2, 0.25) is 6.29 Å². The van der Waals surface area contributed by atoms with Crippen LogP contribution >= 0.6 is 0 Å². The largest absolute Gasteiger partial charge is 0.436 e. The summed E-state index contributed by atoms with van der Waals surface area (Å²) in [6, 6.07) is 10.1. The first-order chi connectivity index (χ1) is 8.79. The van der Waals surface area contributed by atoms with Gasteiger partial charge in [-0.05, 0) is 5.56 Å². The van der Waals surface area contributed by atoms with Gasteiger partial charge in [-0.2, -0.15) is 0 Å². The van der Waals surface area contributed by atoms with E-state index in [-0.39, 0.29) is 18.2 Å². The lowest BCUT2D eigenvalue weighted by Gasteiger charge is -2.38. The minimum absolute atomic E-state index is 0.0363. The Kier molecular flexibility index (Phi) is 3.30. The summed E-state index contributed by atoms with van der Waals surface area (Å²) < 4.78 is 16.5. The van der Waals surface area contributed by atoms with Gasteiger partial charge in [0.25, 0.3) is 0 Å². The zero-order chi connectivity index (χ0) is 12.4. The SMILES string of the molecule is O=C1C[C@H]2C[C@H](OCc3ccccc3)C[C@@H](O1)O2. The molecule has 0 aromatic heterocycles. The van der Waals surface area contributed by atoms with Gasteiger partial charge in [0.15, 0.2) is 0 Å². The zero-order valence-electron chi connectivity index (χ0n) is 10.1. The van der Waals surface area contributed by atoms with E-state index in [2.05, 4.69) is 0 Å². The highest BCUT2D eigenvalue weighted by atomic mass is 16.7. The molecule has 2 heterocycles. The first-order valence-corrected chi connectivity index (χ1v) is 6.30. The maximum atomic E-state index is 11.2. The number of hydrogen-bond acceptors (Lipinski definition) is 4. The molecule has 2 fully saturated rings. The fourth-order valence-corrected chi connectivity index (χ4v) is 2.44. The van der Waals surface area contributed by atoms with Crippen molar-refractivity contribution >= 4 is 5.97 Å². The van der Waals surface area contributed by atoms with E-state index in [1.807, 2.05) is 30.3 Å². The molecule has 18 heavy (non-hydrogen) atoms. The molecule has 2 aliphatic rings. The average molecular weight is 248 g/mol. The van der Waals surface area contributed by atoms with Gasteiger partial charge in [-0.15, -0.1) is 0 Å². The minimum Gasteiger partial charge on any atom is -0.436 e. The molecule has 96 valence electrons. The summed E-state index contributed by atoms with van der Waals surface area (Å²) in [5, 5.41) is 0. The molecular weight excluding hydrogens is 232 g/mol. The highest BCUT2D eigenvalue weighted by Gasteiger charge is 2.37. The summed E-state index contributed by atoms with van der Waals surface area (Å²) in [5.41, 5.74) is 1.16. The van der Waals surface area contributed by atoms with Crippen molar-refractivity contribution in [1.82, 2.24) is 0 Å². The first kappa shape index (κ1) is 11.7. The van der Waals surface area contributed by atoms with E-state index in [1.54, 1.807) is 0 Å². The molecule has 4 nitrogen and oxygen atoms in total. The molecule has 3 atom stereocenters. The Balaban J connectivity index is 1.54. The van der Waals surface area contributed by atoms with Crippen LogP contribution in [0.3, 0.4) is 0 Å². The van der Waals surface area contributed by atoms with Crippen molar-refractivity contribution < 1.29 is 19.0 Å². The van der Waals surface area contributed by atoms with E-state index >= 15 is 0 Å². The van der Waals surface area contributed by atoms with Gasteiger partial charge in [0, 0.05) is 12.8 Å². The second kappa shape index (κ2) is 5.08. The van der Waals surface area contributed by atoms with Gasteiger partial charge >= 0.3 is 5.97 Å². The monoisotopic (exact) mass is 248 g/mol. The standard InChI is InChI=1S/C14H16O4/c15-13-7-12-6-11(8-14(17-12)18-13)16-9-10-4-2-1-3-5-10/h1-5,11-12,14H,6-9H2/t11-,12+,14+/m0/s1. The van der Waals surface area contributed by atoms with E-state index in [4.69, 9.17) is 14.2 Å². The Morgan fingerprint density at radius 2 is 2.06 bits per heavy atom. The molecule has 1 aromatic rings. The average Bonchev–Trinajstić information content (AvgIpc) is 2.36. The molecule has 2 aliphatic heterocycles. The van der Waals surface area contributed by atoms with Crippen LogP contribution in [0.4, 0.5) is 0 Å². The Morgan fingerprint density at radius 3 is 2.83 bits per heavy atom. The van der Waals surface area contributed by atoms with E-state index < -0.39 is 6.29 Å². The van der Waals surface area contributed by atoms with E-state index in [1.165, 1.54) is 0 Å². The molecule has 4 heteroatoms. The van der Waals surface area contributed by atoms with Gasteiger partial charge in [0.05, 0.1) is 25.2 Å². The molecule has 2 bridgehead atoms. The molecule has 0 N–H and O–H groups in total. The van der Waals surface area contributed by atoms with Crippen LogP contribution < -0.4 is 0 Å². The zero-order valence-corrected chi connectivity index (χ0v) is 10.1. The summed E-state index contributed by atoms with van der Waals surface area (Å²) >= 11 is 0. The molecule has 1 aromatic carbocycles. The van der Waals surface area contributed by atoms with Gasteiger partial charge in [-0.25, -0.2) is 0 Å². The quantitative estimate of drug-likeness (QED) is 0.768. The summed E-state index contributed by atoms with van der Waals surface area (Å²) in [6.45, 7) is 0.596. The fourth-order valence-electron chi connectivity index (χ4n) is 2.44. The fraction of sp³-hybridized carbons (Fsp3) is 0.500. The van der Waals surface area contributed by atoms with Crippen molar-refractivity contribution in [3.8, 4) is 0 Å². The van der Waals surface area contributed by atoms with Crippen LogP contribution in [0.1, 0.15) is 24.8 Å². The van der Waals surface area contributed by atoms with Crippen LogP contribution in [-0.4, -0.2) is 24.5 Å². The second-order valence-electron chi connectivity index (χ2n) is 4.77. The Morgan fingerprint density at radius 1 is 1.22 bits per heavy atom. The highest BCUT2D eigenvalue weighted by Crippen LogP contribution is 2.29. The second-order valence-corrected chi connectivity index (χ2v) is 4.77. The van der Waals surface area contributed by atoms with Gasteiger partial charge < -0.3 is 14.2 Å². The summed E-state index contributed by atoms with van der Waals surface area (Å²) in [6.07, 6.45) is 1.42. The number of hydrogen-bond donors (Lipinski definition) is 0. The Labute approximate surface area is 106 Å². The molecule has 2 saturated heterocycles. The maximum Gasteiger partial charge on any atom is 0.310 e. The van der Waals surface area contributed by atoms with Crippen molar-refractivity contribution in [2.75, 3.05) is 0 Å². The van der Waals surface area contributed by atoms with Crippen LogP contribution in [0.5, 0.6) is 0 Å². The van der Waals surface area contributed by atoms with Crippen LogP contribution in [0, 0.1) is 0 Å². The number of rotatable bonds is 3. The van der Waals surface area contributed by atoms with Crippen molar-refractivity contribution in [3.63, 3.8) is 0 Å². The van der Waals surface area contributed by atoms with Crippen molar-refractivity contribution in [2.24, 2.45) is 0 Å². The third kappa shape index (κ3) is 2.71. The van der Waals surface area contributed by atoms with Crippen LogP contribution in [0.2, 0.25) is 0 Å². The molecular formula is C14H16O4. The van der Waals surface area contributed by atoms with Crippen molar-refractivity contribution in [1.29, 1.82) is 0 Å². The number of esters is 1. The Bertz CT molecular complexity index is 401. The van der Waals surface area contributed by atoms with Crippen LogP contribution in [-0.2, 0) is 25.6 Å². The normalized spacial score (nSPS) is 30.9. The lowest BCUT2D eigenvalue weighted by molar-refractivity contribution is -0.247. The topological polar surface area (TPSA) is 44.8 Å². The predicted octanol–water partition coefficient (Wildman–Crippen LogP) is 2.02. The molecule has 0 aliphatic carbocycles. The third-order valence-electron chi connectivity index (χ3n) is 3.31. The van der Waals surface area contributed by atoms with Crippen LogP contribution in [0.25, 0.3) is 0 Å². The lowest BCUT2D eigenvalue weighted by atomic mass is 10.0. The van der Waals surface area contributed by atoms with Gasteiger partial charge in [-0.1, -0.05) is 30.3 Å². The van der Waals surface area contributed by atoms with Gasteiger partial charge in [0.1, 0.15) is 0 Å². The van der Waals surface area contributed by atoms with Crippen molar-refractivity contribution in [2.45, 2.75) is 44.4 Å². The number of carbonyl (C=O) groups excluding carboxylic acids is 1. The highest BCUT2D eigenvalue weighted by molar-refractivity contribution is 5.70. The molecule has 0 saturated carbocycles. The molecule has 3 rings (SSSR count). The molecule has 0 unspecified atom stereocenters. The van der Waals surface area contributed by atoms with E-state index in [0.717, 1.165) is 12.0 Å². The van der Waals surface area contributed by atoms with Crippen molar-refractivity contribution in [3.05, 3.63) is 35.9 Å². The number of carbonyl (C=O) groups is 1. The number of fused-ring (bicyclic) bond motifs is 2. The third-order valence-corrected chi connectivity index (χ3v) is 3.31. The number of benzene rings is 1. The van der Waals surface area contributed by atoms with E-state index in [9.17, 15) is 4.79 Å². The van der Waals surface area contributed by atoms with Crippen LogP contribution in [0.15, 0.2) is 30.3 Å². The molecule has 0 amide bonds. The van der Waals surface area contributed by atoms with E-state index in [0.29, 0.717) is 19.4 Å².